The molecular weight excluding hydrogens is 607 g/mol. The maximum atomic E-state index is 16.8. The summed E-state index contributed by atoms with van der Waals surface area (Å²) in [5.74, 6) is -0.267. The van der Waals surface area contributed by atoms with Gasteiger partial charge in [-0.05, 0) is 70.0 Å². The van der Waals surface area contributed by atoms with Crippen LogP contribution in [0.25, 0.3) is 32.9 Å². The van der Waals surface area contributed by atoms with E-state index in [1.54, 1.807) is 12.3 Å². The first-order chi connectivity index (χ1) is 22.3. The van der Waals surface area contributed by atoms with E-state index in [2.05, 4.69) is 14.8 Å². The summed E-state index contributed by atoms with van der Waals surface area (Å²) < 4.78 is 23.2. The zero-order chi connectivity index (χ0) is 31.6. The molecule has 4 fully saturated rings. The Morgan fingerprint density at radius 3 is 2.48 bits per heavy atom. The first kappa shape index (κ1) is 29.5. The monoisotopic (exact) mass is 642 g/mol. The van der Waals surface area contributed by atoms with Crippen LogP contribution >= 0.6 is 11.6 Å². The highest BCUT2D eigenvalue weighted by atomic mass is 35.5. The number of fused-ring (bicyclic) bond motifs is 5. The minimum Gasteiger partial charge on any atom is -0.461 e. The van der Waals surface area contributed by atoms with Gasteiger partial charge < -0.3 is 14.5 Å². The first-order valence-corrected chi connectivity index (χ1v) is 16.7. The molecule has 4 aliphatic heterocycles. The summed E-state index contributed by atoms with van der Waals surface area (Å²) in [6.45, 7) is 5.08. The van der Waals surface area contributed by atoms with Crippen molar-refractivity contribution in [2.24, 2.45) is 0 Å². The Labute approximate surface area is 271 Å². The van der Waals surface area contributed by atoms with Crippen molar-refractivity contribution in [2.75, 3.05) is 37.7 Å². The van der Waals surface area contributed by atoms with Gasteiger partial charge in [-0.15, -0.1) is 0 Å². The van der Waals surface area contributed by atoms with E-state index < -0.39 is 5.82 Å². The number of hydrogen-bond acceptors (Lipinski definition) is 8. The van der Waals surface area contributed by atoms with E-state index in [4.69, 9.17) is 26.3 Å². The number of amides is 1. The van der Waals surface area contributed by atoms with Gasteiger partial charge in [0.05, 0.1) is 17.3 Å². The number of ketones is 1. The number of carbonyl (C=O) groups excluding carboxylic acids is 2. The van der Waals surface area contributed by atoms with E-state index in [9.17, 15) is 9.59 Å². The van der Waals surface area contributed by atoms with Gasteiger partial charge in [0.25, 0.3) is 0 Å². The lowest BCUT2D eigenvalue weighted by Gasteiger charge is -2.41. The van der Waals surface area contributed by atoms with Gasteiger partial charge in [-0.1, -0.05) is 41.9 Å². The van der Waals surface area contributed by atoms with Crippen molar-refractivity contribution in [3.8, 4) is 17.3 Å². The molecule has 2 aromatic carbocycles. The molecule has 4 aromatic rings. The zero-order valence-electron chi connectivity index (χ0n) is 25.8. The van der Waals surface area contributed by atoms with Gasteiger partial charge in [-0.25, -0.2) is 4.39 Å². The van der Waals surface area contributed by atoms with E-state index in [0.717, 1.165) is 62.4 Å². The normalized spacial score (nSPS) is 22.2. The summed E-state index contributed by atoms with van der Waals surface area (Å²) in [5, 5.41) is 2.63. The molecule has 0 aliphatic carbocycles. The standard InChI is InChI=1S/C35H36ClFN6O3/c1-21(44)16-28(45)43-23-10-11-24(43)19-41(18-23)33-26-17-38-31(25-8-2-6-22-7-3-9-27(36)29(22)25)30(37)32(26)39-34(40-33)46-20-35-12-4-14-42(35)15-5-13-35/h2-3,6-9,17,23-24H,4-5,10-16,18-20H2,1H3/t23-,24+. The molecule has 238 valence electrons. The van der Waals surface area contributed by atoms with Gasteiger partial charge in [0.1, 0.15) is 29.4 Å². The Balaban J connectivity index is 1.21. The van der Waals surface area contributed by atoms with Gasteiger partial charge in [0.2, 0.25) is 5.91 Å². The zero-order valence-corrected chi connectivity index (χ0v) is 26.6. The molecule has 0 N–H and O–H groups in total. The number of hydrogen-bond donors (Lipinski definition) is 0. The molecule has 8 rings (SSSR count). The van der Waals surface area contributed by atoms with E-state index in [0.29, 0.717) is 41.5 Å². The molecule has 11 heteroatoms. The van der Waals surface area contributed by atoms with Gasteiger partial charge in [-0.2, -0.15) is 9.97 Å². The Kier molecular flexibility index (Phi) is 7.32. The molecule has 2 atom stereocenters. The maximum absolute atomic E-state index is 16.8. The lowest BCUT2D eigenvalue weighted by Crippen LogP contribution is -2.56. The van der Waals surface area contributed by atoms with Crippen molar-refractivity contribution in [3.63, 3.8) is 0 Å². The Bertz CT molecular complexity index is 1860. The molecule has 1 amide bonds. The Morgan fingerprint density at radius 2 is 1.76 bits per heavy atom. The van der Waals surface area contributed by atoms with Crippen LogP contribution in [0.5, 0.6) is 6.01 Å². The summed E-state index contributed by atoms with van der Waals surface area (Å²) >= 11 is 6.62. The summed E-state index contributed by atoms with van der Waals surface area (Å²) in [6.07, 6.45) is 7.65. The van der Waals surface area contributed by atoms with Crippen LogP contribution in [0.2, 0.25) is 5.02 Å². The summed E-state index contributed by atoms with van der Waals surface area (Å²) in [7, 11) is 0. The van der Waals surface area contributed by atoms with Crippen molar-refractivity contribution in [3.05, 3.63) is 53.4 Å². The first-order valence-electron chi connectivity index (χ1n) is 16.3. The van der Waals surface area contributed by atoms with Crippen molar-refractivity contribution >= 4 is 50.8 Å². The number of halogens is 2. The van der Waals surface area contributed by atoms with Crippen LogP contribution in [0.15, 0.2) is 42.6 Å². The van der Waals surface area contributed by atoms with Crippen molar-refractivity contribution in [1.29, 1.82) is 0 Å². The fraction of sp³-hybridized carbons (Fsp3) is 0.457. The third-order valence-corrected chi connectivity index (χ3v) is 10.8. The second kappa shape index (κ2) is 11.4. The molecule has 0 spiro atoms. The van der Waals surface area contributed by atoms with Crippen LogP contribution in [-0.4, -0.2) is 86.9 Å². The number of ether oxygens (including phenoxy) is 1. The number of carbonyl (C=O) groups is 2. The SMILES string of the molecule is CC(=O)CC(=O)N1[C@@H]2CC[C@H]1CN(c1nc(OCC34CCCN3CCC4)nc3c(F)c(-c4cccc5cccc(Cl)c45)ncc13)C2. The second-order valence-corrected chi connectivity index (χ2v) is 13.7. The third-order valence-electron chi connectivity index (χ3n) is 10.5. The van der Waals surface area contributed by atoms with Crippen LogP contribution in [-0.2, 0) is 9.59 Å². The lowest BCUT2D eigenvalue weighted by atomic mass is 9.95. The summed E-state index contributed by atoms with van der Waals surface area (Å²) in [6, 6.07) is 11.3. The molecular formula is C35H36ClFN6O3. The fourth-order valence-electron chi connectivity index (χ4n) is 8.45. The molecule has 0 saturated carbocycles. The number of nitrogens with zero attached hydrogens (tertiary/aromatic N) is 6. The highest BCUT2D eigenvalue weighted by Crippen LogP contribution is 2.41. The topological polar surface area (TPSA) is 91.8 Å². The number of piperazine rings is 1. The predicted octanol–water partition coefficient (Wildman–Crippen LogP) is 5.80. The number of benzene rings is 2. The Morgan fingerprint density at radius 1 is 1.04 bits per heavy atom. The van der Waals surface area contributed by atoms with E-state index >= 15 is 4.39 Å². The Hall–Kier alpha value is -3.89. The van der Waals surface area contributed by atoms with Crippen LogP contribution in [0, 0.1) is 5.82 Å². The maximum Gasteiger partial charge on any atom is 0.319 e. The molecule has 9 nitrogen and oxygen atoms in total. The average molecular weight is 643 g/mol. The smallest absolute Gasteiger partial charge is 0.319 e. The number of Topliss-reactive ketones (excluding diaryl/α,β-unsaturated/α-hetero) is 1. The summed E-state index contributed by atoms with van der Waals surface area (Å²) in [5.41, 5.74) is 0.871. The van der Waals surface area contributed by atoms with Crippen LogP contribution in [0.1, 0.15) is 51.9 Å². The minimum atomic E-state index is -0.557. The molecule has 0 radical (unpaired) electrons. The van der Waals surface area contributed by atoms with Gasteiger partial charge in [-0.3, -0.25) is 19.5 Å². The molecule has 4 saturated heterocycles. The van der Waals surface area contributed by atoms with Crippen LogP contribution < -0.4 is 9.64 Å². The lowest BCUT2D eigenvalue weighted by molar-refractivity contribution is -0.137. The van der Waals surface area contributed by atoms with E-state index in [1.165, 1.54) is 6.92 Å². The minimum absolute atomic E-state index is 0.0259. The fourth-order valence-corrected chi connectivity index (χ4v) is 8.74. The largest absolute Gasteiger partial charge is 0.461 e. The highest BCUT2D eigenvalue weighted by molar-refractivity contribution is 6.36. The molecule has 6 heterocycles. The van der Waals surface area contributed by atoms with Crippen molar-refractivity contribution < 1.29 is 18.7 Å². The third kappa shape index (κ3) is 4.88. The van der Waals surface area contributed by atoms with Crippen LogP contribution in [0.3, 0.4) is 0 Å². The van der Waals surface area contributed by atoms with Gasteiger partial charge in [0.15, 0.2) is 5.82 Å². The van der Waals surface area contributed by atoms with E-state index in [1.807, 2.05) is 35.2 Å². The molecule has 2 bridgehead atoms. The number of pyridine rings is 1. The quantitative estimate of drug-likeness (QED) is 0.234. The van der Waals surface area contributed by atoms with Crippen molar-refractivity contribution in [2.45, 2.75) is 69.5 Å². The molecule has 4 aliphatic rings. The number of anilines is 1. The van der Waals surface area contributed by atoms with Crippen molar-refractivity contribution in [1.82, 2.24) is 24.8 Å². The molecule has 0 unspecified atom stereocenters. The number of rotatable bonds is 7. The van der Waals surface area contributed by atoms with E-state index in [-0.39, 0.29) is 53.0 Å². The molecule has 46 heavy (non-hydrogen) atoms. The highest BCUT2D eigenvalue weighted by Gasteiger charge is 2.46. The van der Waals surface area contributed by atoms with Gasteiger partial charge >= 0.3 is 6.01 Å². The summed E-state index contributed by atoms with van der Waals surface area (Å²) in [4.78, 5) is 45.5. The predicted molar refractivity (Wildman–Crippen MR) is 175 cm³/mol. The molecule has 2 aromatic heterocycles. The van der Waals surface area contributed by atoms with Gasteiger partial charge in [0, 0.05) is 47.3 Å². The number of aromatic nitrogens is 3. The van der Waals surface area contributed by atoms with Crippen LogP contribution in [0.4, 0.5) is 10.2 Å². The second-order valence-electron chi connectivity index (χ2n) is 13.3. The average Bonchev–Trinajstić information content (AvgIpc) is 3.70.